The predicted octanol–water partition coefficient (Wildman–Crippen LogP) is 2.90. The van der Waals surface area contributed by atoms with Crippen molar-refractivity contribution in [3.63, 3.8) is 0 Å². The Morgan fingerprint density at radius 1 is 1.16 bits per heavy atom. The molecule has 0 spiro atoms. The molecule has 0 aliphatic heterocycles. The standard InChI is InChI=1S/C15H29NO2S/c1-4-11-16-14-13(9-10-15(14,2)3)19(17,18)12-7-5-6-8-12/h12-14,16H,4-11H2,1-3H3. The third kappa shape index (κ3) is 2.99. The average molecular weight is 287 g/mol. The zero-order chi connectivity index (χ0) is 14.1. The number of hydrogen-bond donors (Lipinski definition) is 1. The molecule has 2 aliphatic carbocycles. The van der Waals surface area contributed by atoms with Crippen LogP contribution in [0.3, 0.4) is 0 Å². The third-order valence-corrected chi connectivity index (χ3v) is 7.84. The van der Waals surface area contributed by atoms with Crippen LogP contribution < -0.4 is 5.32 Å². The molecule has 2 aliphatic rings. The lowest BCUT2D eigenvalue weighted by atomic mass is 9.87. The van der Waals surface area contributed by atoms with E-state index in [-0.39, 0.29) is 22.0 Å². The molecule has 0 radical (unpaired) electrons. The Labute approximate surface area is 118 Å². The van der Waals surface area contributed by atoms with Gasteiger partial charge in [0.25, 0.3) is 0 Å². The van der Waals surface area contributed by atoms with Crippen LogP contribution in [-0.2, 0) is 9.84 Å². The van der Waals surface area contributed by atoms with Gasteiger partial charge in [-0.2, -0.15) is 0 Å². The van der Waals surface area contributed by atoms with Crippen LogP contribution in [0.15, 0.2) is 0 Å². The van der Waals surface area contributed by atoms with E-state index in [1.807, 2.05) is 0 Å². The highest BCUT2D eigenvalue weighted by Gasteiger charge is 2.49. The van der Waals surface area contributed by atoms with Gasteiger partial charge in [-0.25, -0.2) is 8.42 Å². The van der Waals surface area contributed by atoms with E-state index in [1.54, 1.807) is 0 Å². The minimum absolute atomic E-state index is 0.0580. The van der Waals surface area contributed by atoms with Gasteiger partial charge in [-0.3, -0.25) is 0 Å². The van der Waals surface area contributed by atoms with E-state index < -0.39 is 9.84 Å². The number of sulfone groups is 1. The van der Waals surface area contributed by atoms with E-state index in [0.29, 0.717) is 0 Å². The van der Waals surface area contributed by atoms with Gasteiger partial charge in [-0.05, 0) is 44.1 Å². The van der Waals surface area contributed by atoms with Crippen LogP contribution >= 0.6 is 0 Å². The average Bonchev–Trinajstić information content (AvgIpc) is 2.94. The maximum atomic E-state index is 12.9. The lowest BCUT2D eigenvalue weighted by molar-refractivity contribution is 0.284. The first-order chi connectivity index (χ1) is 8.89. The summed E-state index contributed by atoms with van der Waals surface area (Å²) in [6.45, 7) is 7.48. The quantitative estimate of drug-likeness (QED) is 0.845. The van der Waals surface area contributed by atoms with Crippen molar-refractivity contribution in [1.29, 1.82) is 0 Å². The largest absolute Gasteiger partial charge is 0.312 e. The van der Waals surface area contributed by atoms with Gasteiger partial charge in [0.1, 0.15) is 0 Å². The summed E-state index contributed by atoms with van der Waals surface area (Å²) in [5.41, 5.74) is 0.103. The zero-order valence-corrected chi connectivity index (χ0v) is 13.4. The van der Waals surface area contributed by atoms with E-state index >= 15 is 0 Å². The second-order valence-electron chi connectivity index (χ2n) is 6.99. The van der Waals surface area contributed by atoms with E-state index in [0.717, 1.165) is 51.5 Å². The van der Waals surface area contributed by atoms with Crippen molar-refractivity contribution in [2.45, 2.75) is 82.3 Å². The van der Waals surface area contributed by atoms with Crippen LogP contribution in [0.2, 0.25) is 0 Å². The number of hydrogen-bond acceptors (Lipinski definition) is 3. The predicted molar refractivity (Wildman–Crippen MR) is 80.1 cm³/mol. The molecule has 112 valence electrons. The molecule has 1 N–H and O–H groups in total. The number of nitrogens with one attached hydrogen (secondary N) is 1. The van der Waals surface area contributed by atoms with Crippen molar-refractivity contribution in [2.24, 2.45) is 5.41 Å². The monoisotopic (exact) mass is 287 g/mol. The molecule has 0 bridgehead atoms. The van der Waals surface area contributed by atoms with Crippen molar-refractivity contribution in [3.05, 3.63) is 0 Å². The highest BCUT2D eigenvalue weighted by atomic mass is 32.2. The molecule has 0 aromatic carbocycles. The summed E-state index contributed by atoms with van der Waals surface area (Å²) in [4.78, 5) is 0. The first kappa shape index (κ1) is 15.3. The molecule has 0 amide bonds. The molecule has 4 heteroatoms. The number of rotatable bonds is 5. The van der Waals surface area contributed by atoms with E-state index in [2.05, 4.69) is 26.1 Å². The lowest BCUT2D eigenvalue weighted by Crippen LogP contribution is -2.49. The SMILES string of the molecule is CCCNC1C(S(=O)(=O)C2CCCC2)CCC1(C)C. The molecule has 2 saturated carbocycles. The summed E-state index contributed by atoms with van der Waals surface area (Å²) in [6, 6.07) is 0.137. The van der Waals surface area contributed by atoms with Crippen LogP contribution in [0, 0.1) is 5.41 Å². The summed E-state index contributed by atoms with van der Waals surface area (Å²) in [5.74, 6) is 0. The summed E-state index contributed by atoms with van der Waals surface area (Å²) in [5, 5.41) is 3.31. The second-order valence-corrected chi connectivity index (χ2v) is 9.44. The van der Waals surface area contributed by atoms with Gasteiger partial charge >= 0.3 is 0 Å². The fourth-order valence-electron chi connectivity index (χ4n) is 3.87. The van der Waals surface area contributed by atoms with Crippen molar-refractivity contribution in [2.75, 3.05) is 6.54 Å². The van der Waals surface area contributed by atoms with Gasteiger partial charge in [-0.15, -0.1) is 0 Å². The third-order valence-electron chi connectivity index (χ3n) is 5.09. The minimum atomic E-state index is -2.95. The highest BCUT2D eigenvalue weighted by molar-refractivity contribution is 7.92. The van der Waals surface area contributed by atoms with Crippen LogP contribution in [-0.4, -0.2) is 31.5 Å². The summed E-state index contributed by atoms with van der Waals surface area (Å²) in [6.07, 6.45) is 6.88. The fourth-order valence-corrected chi connectivity index (χ4v) is 6.64. The molecule has 2 fully saturated rings. The maximum absolute atomic E-state index is 12.9. The Balaban J connectivity index is 2.17. The van der Waals surface area contributed by atoms with Gasteiger partial charge in [0.15, 0.2) is 9.84 Å². The first-order valence-corrected chi connectivity index (χ1v) is 9.46. The molecule has 3 nitrogen and oxygen atoms in total. The fraction of sp³-hybridized carbons (Fsp3) is 1.00. The van der Waals surface area contributed by atoms with E-state index in [1.165, 1.54) is 0 Å². The zero-order valence-electron chi connectivity index (χ0n) is 12.6. The summed E-state index contributed by atoms with van der Waals surface area (Å²) < 4.78 is 25.7. The summed E-state index contributed by atoms with van der Waals surface area (Å²) in [7, 11) is -2.95. The van der Waals surface area contributed by atoms with E-state index in [4.69, 9.17) is 0 Å². The van der Waals surface area contributed by atoms with Crippen molar-refractivity contribution >= 4 is 9.84 Å². The van der Waals surface area contributed by atoms with Crippen molar-refractivity contribution < 1.29 is 8.42 Å². The minimum Gasteiger partial charge on any atom is -0.312 e. The molecule has 0 aromatic rings. The van der Waals surface area contributed by atoms with Gasteiger partial charge in [0.05, 0.1) is 10.5 Å². The Kier molecular flexibility index (Phi) is 4.61. The van der Waals surface area contributed by atoms with Crippen LogP contribution in [0.25, 0.3) is 0 Å². The van der Waals surface area contributed by atoms with Gasteiger partial charge < -0.3 is 5.32 Å². The molecule has 2 rings (SSSR count). The Morgan fingerprint density at radius 3 is 2.37 bits per heavy atom. The molecular weight excluding hydrogens is 258 g/mol. The highest BCUT2D eigenvalue weighted by Crippen LogP contribution is 2.43. The molecule has 0 aromatic heterocycles. The molecule has 0 saturated heterocycles. The van der Waals surface area contributed by atoms with Crippen molar-refractivity contribution in [1.82, 2.24) is 5.32 Å². The second kappa shape index (κ2) is 5.72. The Bertz CT molecular complexity index is 396. The maximum Gasteiger partial charge on any atom is 0.157 e. The summed E-state index contributed by atoms with van der Waals surface area (Å²) >= 11 is 0. The Hall–Kier alpha value is -0.0900. The molecule has 2 atom stereocenters. The van der Waals surface area contributed by atoms with Crippen LogP contribution in [0.1, 0.15) is 65.7 Å². The normalized spacial score (nSPS) is 31.9. The van der Waals surface area contributed by atoms with Crippen molar-refractivity contribution in [3.8, 4) is 0 Å². The molecule has 2 unspecified atom stereocenters. The van der Waals surface area contributed by atoms with Gasteiger partial charge in [-0.1, -0.05) is 33.6 Å². The molecular formula is C15H29NO2S. The smallest absolute Gasteiger partial charge is 0.157 e. The molecule has 19 heavy (non-hydrogen) atoms. The Morgan fingerprint density at radius 2 is 1.79 bits per heavy atom. The van der Waals surface area contributed by atoms with E-state index in [9.17, 15) is 8.42 Å². The van der Waals surface area contributed by atoms with Gasteiger partial charge in [0, 0.05) is 6.04 Å². The van der Waals surface area contributed by atoms with Crippen LogP contribution in [0.5, 0.6) is 0 Å². The topological polar surface area (TPSA) is 46.2 Å². The van der Waals surface area contributed by atoms with Crippen LogP contribution in [0.4, 0.5) is 0 Å². The lowest BCUT2D eigenvalue weighted by Gasteiger charge is -2.32. The first-order valence-electron chi connectivity index (χ1n) is 7.85. The molecule has 0 heterocycles. The van der Waals surface area contributed by atoms with Gasteiger partial charge in [0.2, 0.25) is 0 Å².